The molecule has 0 aromatic heterocycles. The molecule has 20 heavy (non-hydrogen) atoms. The fraction of sp³-hybridized carbons (Fsp3) is 0.429. The number of benzene rings is 1. The lowest BCUT2D eigenvalue weighted by atomic mass is 10.1. The van der Waals surface area contributed by atoms with Gasteiger partial charge in [0.15, 0.2) is 17.4 Å². The van der Waals surface area contributed by atoms with Gasteiger partial charge in [0.2, 0.25) is 0 Å². The van der Waals surface area contributed by atoms with E-state index in [2.05, 4.69) is 9.89 Å². The monoisotopic (exact) mass is 291 g/mol. The molecule has 5 nitrogen and oxygen atoms in total. The number of carbonyl (C=O) groups excluding carboxylic acids is 1. The maximum atomic E-state index is 12.4. The molecular formula is C14H17N3O2S. The van der Waals surface area contributed by atoms with Crippen molar-refractivity contribution in [2.75, 3.05) is 31.4 Å². The van der Waals surface area contributed by atoms with Crippen molar-refractivity contribution in [1.82, 2.24) is 4.90 Å². The van der Waals surface area contributed by atoms with Crippen molar-refractivity contribution in [3.63, 3.8) is 0 Å². The van der Waals surface area contributed by atoms with Gasteiger partial charge in [-0.05, 0) is 12.1 Å². The molecule has 1 amide bonds. The number of ether oxygens (including phenoxy) is 1. The SMILES string of the molecule is COC1C(N(C)c2ccccc2)C(=O)N=C2SCCN21. The summed E-state index contributed by atoms with van der Waals surface area (Å²) in [6.45, 7) is 0.869. The number of para-hydroxylation sites is 1. The smallest absolute Gasteiger partial charge is 0.275 e. The van der Waals surface area contributed by atoms with Gasteiger partial charge in [-0.2, -0.15) is 4.99 Å². The number of aliphatic imine (C=N–C) groups is 1. The van der Waals surface area contributed by atoms with Crippen molar-refractivity contribution < 1.29 is 9.53 Å². The van der Waals surface area contributed by atoms with Crippen LogP contribution < -0.4 is 4.90 Å². The van der Waals surface area contributed by atoms with E-state index < -0.39 is 6.04 Å². The number of anilines is 1. The number of hydrogen-bond donors (Lipinski definition) is 0. The number of thioether (sulfide) groups is 1. The van der Waals surface area contributed by atoms with Gasteiger partial charge in [0.1, 0.15) is 0 Å². The van der Waals surface area contributed by atoms with Crippen molar-refractivity contribution in [1.29, 1.82) is 0 Å². The minimum atomic E-state index is -0.412. The Morgan fingerprint density at radius 1 is 1.40 bits per heavy atom. The zero-order chi connectivity index (χ0) is 14.1. The van der Waals surface area contributed by atoms with E-state index >= 15 is 0 Å². The number of nitrogens with zero attached hydrogens (tertiary/aromatic N) is 3. The van der Waals surface area contributed by atoms with E-state index in [1.165, 1.54) is 0 Å². The first kappa shape index (κ1) is 13.5. The van der Waals surface area contributed by atoms with Crippen molar-refractivity contribution >= 4 is 28.5 Å². The number of rotatable bonds is 3. The molecule has 1 fully saturated rings. The summed E-state index contributed by atoms with van der Waals surface area (Å²) in [6, 6.07) is 9.43. The van der Waals surface area contributed by atoms with E-state index in [0.29, 0.717) is 0 Å². The Morgan fingerprint density at radius 3 is 2.85 bits per heavy atom. The zero-order valence-corrected chi connectivity index (χ0v) is 12.3. The molecule has 0 saturated carbocycles. The summed E-state index contributed by atoms with van der Waals surface area (Å²) in [5.74, 6) is 0.817. The third-order valence-corrected chi connectivity index (χ3v) is 4.64. The van der Waals surface area contributed by atoms with Gasteiger partial charge < -0.3 is 14.5 Å². The summed E-state index contributed by atoms with van der Waals surface area (Å²) >= 11 is 1.62. The number of carbonyl (C=O) groups is 1. The lowest BCUT2D eigenvalue weighted by molar-refractivity contribution is -0.126. The average molecular weight is 291 g/mol. The number of methoxy groups -OCH3 is 1. The van der Waals surface area contributed by atoms with Gasteiger partial charge in [0, 0.05) is 32.1 Å². The van der Waals surface area contributed by atoms with Crippen molar-refractivity contribution in [2.45, 2.75) is 12.3 Å². The molecule has 1 aromatic rings. The Bertz CT molecular complexity index is 534. The molecule has 0 N–H and O–H groups in total. The Labute approximate surface area is 122 Å². The van der Waals surface area contributed by atoms with E-state index in [-0.39, 0.29) is 12.1 Å². The molecule has 3 rings (SSSR count). The summed E-state index contributed by atoms with van der Waals surface area (Å²) in [4.78, 5) is 20.6. The van der Waals surface area contributed by atoms with Crippen LogP contribution in [0.1, 0.15) is 0 Å². The molecular weight excluding hydrogens is 274 g/mol. The van der Waals surface area contributed by atoms with E-state index in [1.807, 2.05) is 42.3 Å². The molecule has 0 aliphatic carbocycles. The van der Waals surface area contributed by atoms with Crippen LogP contribution in [0, 0.1) is 0 Å². The first-order valence-electron chi connectivity index (χ1n) is 6.55. The molecule has 1 saturated heterocycles. The highest BCUT2D eigenvalue weighted by molar-refractivity contribution is 8.14. The third kappa shape index (κ3) is 2.19. The predicted molar refractivity (Wildman–Crippen MR) is 81.0 cm³/mol. The van der Waals surface area contributed by atoms with Gasteiger partial charge in [-0.1, -0.05) is 30.0 Å². The molecule has 0 bridgehead atoms. The number of likely N-dealkylation sites (N-methyl/N-ethyl adjacent to an activating group) is 1. The van der Waals surface area contributed by atoms with Crippen LogP contribution in [0.4, 0.5) is 5.69 Å². The van der Waals surface area contributed by atoms with Crippen LogP contribution in [-0.4, -0.2) is 54.7 Å². The lowest BCUT2D eigenvalue weighted by Crippen LogP contribution is -2.58. The van der Waals surface area contributed by atoms with Crippen molar-refractivity contribution in [3.8, 4) is 0 Å². The minimum absolute atomic E-state index is 0.135. The van der Waals surface area contributed by atoms with Crippen molar-refractivity contribution in [2.24, 2.45) is 4.99 Å². The molecule has 2 unspecified atom stereocenters. The molecule has 2 aliphatic rings. The third-order valence-electron chi connectivity index (χ3n) is 3.67. The second kappa shape index (κ2) is 5.46. The molecule has 0 radical (unpaired) electrons. The van der Waals surface area contributed by atoms with Crippen LogP contribution in [0.2, 0.25) is 0 Å². The highest BCUT2D eigenvalue weighted by atomic mass is 32.2. The quantitative estimate of drug-likeness (QED) is 0.842. The summed E-state index contributed by atoms with van der Waals surface area (Å²) in [6.07, 6.45) is -0.282. The van der Waals surface area contributed by atoms with Gasteiger partial charge >= 0.3 is 0 Å². The Kier molecular flexibility index (Phi) is 3.67. The largest absolute Gasteiger partial charge is 0.359 e. The van der Waals surface area contributed by atoms with E-state index in [1.54, 1.807) is 18.9 Å². The summed E-state index contributed by atoms with van der Waals surface area (Å²) < 4.78 is 5.60. The standard InChI is InChI=1S/C14H17N3O2S/c1-16(10-6-4-3-5-7-10)11-12(18)15-14-17(8-9-20-14)13(11)19-2/h3-7,11,13H,8-9H2,1-2H3. The van der Waals surface area contributed by atoms with E-state index in [9.17, 15) is 4.79 Å². The van der Waals surface area contributed by atoms with Crippen molar-refractivity contribution in [3.05, 3.63) is 30.3 Å². The lowest BCUT2D eigenvalue weighted by Gasteiger charge is -2.40. The minimum Gasteiger partial charge on any atom is -0.359 e. The second-order valence-corrected chi connectivity index (χ2v) is 5.85. The summed E-state index contributed by atoms with van der Waals surface area (Å²) in [5.41, 5.74) is 0.985. The maximum absolute atomic E-state index is 12.4. The molecule has 6 heteroatoms. The second-order valence-electron chi connectivity index (χ2n) is 4.79. The molecule has 106 valence electrons. The van der Waals surface area contributed by atoms with Crippen LogP contribution in [0.3, 0.4) is 0 Å². The molecule has 1 aromatic carbocycles. The first-order chi connectivity index (χ1) is 9.72. The number of amidine groups is 1. The Hall–Kier alpha value is -1.53. The fourth-order valence-corrected chi connectivity index (χ4v) is 3.62. The van der Waals surface area contributed by atoms with Gasteiger partial charge in [-0.3, -0.25) is 4.79 Å². The number of hydrogen-bond acceptors (Lipinski definition) is 5. The first-order valence-corrected chi connectivity index (χ1v) is 7.53. The summed E-state index contributed by atoms with van der Waals surface area (Å²) in [7, 11) is 3.56. The maximum Gasteiger partial charge on any atom is 0.275 e. The van der Waals surface area contributed by atoms with Gasteiger partial charge in [0.05, 0.1) is 0 Å². The Morgan fingerprint density at radius 2 is 2.15 bits per heavy atom. The molecule has 0 spiro atoms. The van der Waals surface area contributed by atoms with Gasteiger partial charge in [-0.15, -0.1) is 0 Å². The molecule has 2 atom stereocenters. The van der Waals surface area contributed by atoms with Gasteiger partial charge in [0.25, 0.3) is 5.91 Å². The van der Waals surface area contributed by atoms with Crippen LogP contribution in [-0.2, 0) is 9.53 Å². The average Bonchev–Trinajstić information content (AvgIpc) is 2.93. The van der Waals surface area contributed by atoms with Crippen LogP contribution in [0.15, 0.2) is 35.3 Å². The van der Waals surface area contributed by atoms with Gasteiger partial charge in [-0.25, -0.2) is 0 Å². The normalized spacial score (nSPS) is 25.4. The molecule has 2 heterocycles. The number of amides is 1. The topological polar surface area (TPSA) is 45.1 Å². The van der Waals surface area contributed by atoms with Crippen LogP contribution >= 0.6 is 11.8 Å². The van der Waals surface area contributed by atoms with E-state index in [0.717, 1.165) is 23.2 Å². The zero-order valence-electron chi connectivity index (χ0n) is 11.5. The highest BCUT2D eigenvalue weighted by Gasteiger charge is 2.43. The van der Waals surface area contributed by atoms with Crippen LogP contribution in [0.5, 0.6) is 0 Å². The van der Waals surface area contributed by atoms with E-state index in [4.69, 9.17) is 4.74 Å². The molecule has 2 aliphatic heterocycles. The number of fused-ring (bicyclic) bond motifs is 1. The Balaban J connectivity index is 1.93. The predicted octanol–water partition coefficient (Wildman–Crippen LogP) is 1.41. The van der Waals surface area contributed by atoms with Crippen LogP contribution in [0.25, 0.3) is 0 Å². The highest BCUT2D eigenvalue weighted by Crippen LogP contribution is 2.30. The fourth-order valence-electron chi connectivity index (χ4n) is 2.64. The summed E-state index contributed by atoms with van der Waals surface area (Å²) in [5, 5.41) is 0.791.